The van der Waals surface area contributed by atoms with Gasteiger partial charge in [0.25, 0.3) is 5.91 Å². The molecule has 1 amide bonds. The minimum absolute atomic E-state index is 0. The summed E-state index contributed by atoms with van der Waals surface area (Å²) in [7, 11) is 1.45. The first-order valence-electron chi connectivity index (χ1n) is 5.50. The first-order valence-corrected chi connectivity index (χ1v) is 5.50. The minimum atomic E-state index is -0.560. The molecular formula is C12H16ClFN2O2. The average Bonchev–Trinajstić information content (AvgIpc) is 2.75. The van der Waals surface area contributed by atoms with Gasteiger partial charge in [0.15, 0.2) is 0 Å². The lowest BCUT2D eigenvalue weighted by atomic mass is 10.2. The maximum atomic E-state index is 13.7. The van der Waals surface area contributed by atoms with Crippen molar-refractivity contribution in [3.63, 3.8) is 0 Å². The van der Waals surface area contributed by atoms with Crippen molar-refractivity contribution >= 4 is 18.3 Å². The maximum Gasteiger partial charge on any atom is 0.256 e. The zero-order chi connectivity index (χ0) is 12.4. The monoisotopic (exact) mass is 274 g/mol. The molecule has 100 valence electrons. The van der Waals surface area contributed by atoms with Crippen LogP contribution in [-0.2, 0) is 0 Å². The molecule has 0 aromatic heterocycles. The van der Waals surface area contributed by atoms with Crippen LogP contribution in [0.5, 0.6) is 5.75 Å². The van der Waals surface area contributed by atoms with Gasteiger partial charge in [-0.3, -0.25) is 4.79 Å². The molecule has 1 atom stereocenters. The summed E-state index contributed by atoms with van der Waals surface area (Å²) >= 11 is 0. The molecule has 1 aromatic rings. The molecule has 1 fully saturated rings. The number of nitrogens with two attached hydrogens (primary N) is 1. The fourth-order valence-electron chi connectivity index (χ4n) is 1.94. The van der Waals surface area contributed by atoms with Crippen molar-refractivity contribution in [1.29, 1.82) is 0 Å². The van der Waals surface area contributed by atoms with E-state index >= 15 is 0 Å². The molecule has 0 aliphatic carbocycles. The van der Waals surface area contributed by atoms with E-state index < -0.39 is 5.82 Å². The van der Waals surface area contributed by atoms with Crippen molar-refractivity contribution in [2.75, 3.05) is 20.2 Å². The van der Waals surface area contributed by atoms with Crippen molar-refractivity contribution in [3.8, 4) is 5.75 Å². The van der Waals surface area contributed by atoms with Gasteiger partial charge in [-0.25, -0.2) is 4.39 Å². The number of hydrogen-bond acceptors (Lipinski definition) is 3. The van der Waals surface area contributed by atoms with E-state index in [4.69, 9.17) is 10.5 Å². The Morgan fingerprint density at radius 2 is 2.28 bits per heavy atom. The first kappa shape index (κ1) is 14.7. The molecule has 1 aliphatic heterocycles. The number of benzene rings is 1. The van der Waals surface area contributed by atoms with Gasteiger partial charge in [-0.05, 0) is 18.6 Å². The molecular weight excluding hydrogens is 259 g/mol. The number of likely N-dealkylation sites (tertiary alicyclic amines) is 1. The topological polar surface area (TPSA) is 55.6 Å². The van der Waals surface area contributed by atoms with Crippen LogP contribution in [0.1, 0.15) is 16.8 Å². The number of nitrogens with zero attached hydrogens (tertiary/aromatic N) is 1. The second-order valence-electron chi connectivity index (χ2n) is 4.15. The molecule has 1 aliphatic rings. The van der Waals surface area contributed by atoms with Crippen molar-refractivity contribution < 1.29 is 13.9 Å². The van der Waals surface area contributed by atoms with E-state index in [-0.39, 0.29) is 29.9 Å². The van der Waals surface area contributed by atoms with Gasteiger partial charge in [0.2, 0.25) is 0 Å². The van der Waals surface area contributed by atoms with Crippen LogP contribution in [0.15, 0.2) is 18.2 Å². The standard InChI is InChI=1S/C12H15FN2O2.ClH/c1-17-9-2-3-10(11(13)6-9)12(16)15-5-4-8(14)7-15;/h2-3,6,8H,4-5,7,14H2,1H3;1H/t8-;/m0./s1. The zero-order valence-corrected chi connectivity index (χ0v) is 10.9. The van der Waals surface area contributed by atoms with E-state index in [1.54, 1.807) is 11.0 Å². The van der Waals surface area contributed by atoms with Crippen LogP contribution in [0.25, 0.3) is 0 Å². The predicted molar refractivity (Wildman–Crippen MR) is 68.7 cm³/mol. The molecule has 1 saturated heterocycles. The van der Waals surface area contributed by atoms with E-state index in [0.29, 0.717) is 18.8 Å². The Morgan fingerprint density at radius 3 is 2.78 bits per heavy atom. The lowest BCUT2D eigenvalue weighted by Gasteiger charge is -2.16. The SMILES string of the molecule is COc1ccc(C(=O)N2CC[C@H](N)C2)c(F)c1.Cl. The van der Waals surface area contributed by atoms with Gasteiger partial charge in [-0.15, -0.1) is 12.4 Å². The highest BCUT2D eigenvalue weighted by molar-refractivity contribution is 5.94. The fraction of sp³-hybridized carbons (Fsp3) is 0.417. The largest absolute Gasteiger partial charge is 0.497 e. The minimum Gasteiger partial charge on any atom is -0.497 e. The van der Waals surface area contributed by atoms with Gasteiger partial charge < -0.3 is 15.4 Å². The number of carbonyl (C=O) groups is 1. The van der Waals surface area contributed by atoms with E-state index in [0.717, 1.165) is 6.42 Å². The van der Waals surface area contributed by atoms with Gasteiger partial charge in [0.05, 0.1) is 12.7 Å². The molecule has 6 heteroatoms. The van der Waals surface area contributed by atoms with Crippen LogP contribution in [0.3, 0.4) is 0 Å². The Kier molecular flexibility index (Phi) is 4.93. The summed E-state index contributed by atoms with van der Waals surface area (Å²) in [6.45, 7) is 1.08. The van der Waals surface area contributed by atoms with Crippen molar-refractivity contribution in [3.05, 3.63) is 29.6 Å². The first-order chi connectivity index (χ1) is 8.11. The second kappa shape index (κ2) is 6.02. The number of rotatable bonds is 2. The van der Waals surface area contributed by atoms with E-state index in [1.807, 2.05) is 0 Å². The molecule has 2 rings (SSSR count). The summed E-state index contributed by atoms with van der Waals surface area (Å²) in [5.41, 5.74) is 5.79. The summed E-state index contributed by atoms with van der Waals surface area (Å²) in [5, 5.41) is 0. The number of carbonyl (C=O) groups excluding carboxylic acids is 1. The number of methoxy groups -OCH3 is 1. The Balaban J connectivity index is 0.00000162. The summed E-state index contributed by atoms with van der Waals surface area (Å²) in [4.78, 5) is 13.6. The number of hydrogen-bond donors (Lipinski definition) is 1. The highest BCUT2D eigenvalue weighted by Gasteiger charge is 2.26. The Labute approximate surface area is 111 Å². The molecule has 0 saturated carbocycles. The lowest BCUT2D eigenvalue weighted by Crippen LogP contribution is -2.32. The molecule has 0 spiro atoms. The average molecular weight is 275 g/mol. The van der Waals surface area contributed by atoms with Crippen molar-refractivity contribution in [1.82, 2.24) is 4.90 Å². The number of amides is 1. The van der Waals surface area contributed by atoms with Crippen molar-refractivity contribution in [2.45, 2.75) is 12.5 Å². The predicted octanol–water partition coefficient (Wildman–Crippen LogP) is 1.43. The molecule has 0 radical (unpaired) electrons. The highest BCUT2D eigenvalue weighted by Crippen LogP contribution is 2.19. The third-order valence-corrected chi connectivity index (χ3v) is 2.92. The summed E-state index contributed by atoms with van der Waals surface area (Å²) in [6.07, 6.45) is 0.767. The van der Waals surface area contributed by atoms with E-state index in [2.05, 4.69) is 0 Å². The lowest BCUT2D eigenvalue weighted by molar-refractivity contribution is 0.0786. The molecule has 0 unspecified atom stereocenters. The quantitative estimate of drug-likeness (QED) is 0.888. The third-order valence-electron chi connectivity index (χ3n) is 2.92. The van der Waals surface area contributed by atoms with Gasteiger partial charge in [0, 0.05) is 25.2 Å². The summed E-state index contributed by atoms with van der Waals surface area (Å²) in [5.74, 6) is -0.468. The van der Waals surface area contributed by atoms with Crippen LogP contribution in [0.4, 0.5) is 4.39 Å². The molecule has 4 nitrogen and oxygen atoms in total. The smallest absolute Gasteiger partial charge is 0.256 e. The van der Waals surface area contributed by atoms with Crippen LogP contribution in [0, 0.1) is 5.82 Å². The van der Waals surface area contributed by atoms with Crippen LogP contribution >= 0.6 is 12.4 Å². The van der Waals surface area contributed by atoms with Gasteiger partial charge in [0.1, 0.15) is 11.6 Å². The second-order valence-corrected chi connectivity index (χ2v) is 4.15. The molecule has 0 bridgehead atoms. The summed E-state index contributed by atoms with van der Waals surface area (Å²) in [6, 6.07) is 4.23. The van der Waals surface area contributed by atoms with E-state index in [9.17, 15) is 9.18 Å². The van der Waals surface area contributed by atoms with Crippen LogP contribution in [-0.4, -0.2) is 37.0 Å². The molecule has 1 aromatic carbocycles. The van der Waals surface area contributed by atoms with Gasteiger partial charge >= 0.3 is 0 Å². The van der Waals surface area contributed by atoms with E-state index in [1.165, 1.54) is 19.2 Å². The highest BCUT2D eigenvalue weighted by atomic mass is 35.5. The number of ether oxygens (including phenoxy) is 1. The number of halogens is 2. The molecule has 18 heavy (non-hydrogen) atoms. The molecule has 2 N–H and O–H groups in total. The Morgan fingerprint density at radius 1 is 1.56 bits per heavy atom. The third kappa shape index (κ3) is 2.91. The van der Waals surface area contributed by atoms with Crippen LogP contribution in [0.2, 0.25) is 0 Å². The van der Waals surface area contributed by atoms with Gasteiger partial charge in [-0.2, -0.15) is 0 Å². The van der Waals surface area contributed by atoms with Gasteiger partial charge in [-0.1, -0.05) is 0 Å². The fourth-order valence-corrected chi connectivity index (χ4v) is 1.94. The Hall–Kier alpha value is -1.33. The normalized spacial score (nSPS) is 18.4. The van der Waals surface area contributed by atoms with Crippen molar-refractivity contribution in [2.24, 2.45) is 5.73 Å². The summed E-state index contributed by atoms with van der Waals surface area (Å²) < 4.78 is 18.6. The van der Waals surface area contributed by atoms with Crippen LogP contribution < -0.4 is 10.5 Å². The zero-order valence-electron chi connectivity index (χ0n) is 10.1. The maximum absolute atomic E-state index is 13.7. The molecule has 1 heterocycles. The Bertz CT molecular complexity index is 442.